The fraction of sp³-hybridized carbons (Fsp3) is 0.449. The molecule has 6 aromatic carbocycles. The first-order valence-electron chi connectivity index (χ1n) is 44.6. The van der Waals surface area contributed by atoms with E-state index in [-0.39, 0.29) is 99.4 Å². The van der Waals surface area contributed by atoms with Gasteiger partial charge in [-0.15, -0.1) is 0 Å². The van der Waals surface area contributed by atoms with Crippen molar-refractivity contribution in [2.45, 2.75) is 157 Å². The van der Waals surface area contributed by atoms with Gasteiger partial charge in [-0.1, -0.05) is 95.1 Å². The van der Waals surface area contributed by atoms with Crippen molar-refractivity contribution < 1.29 is 88.1 Å². The molecule has 1 amide bonds. The SMILES string of the molecule is CC(C)N=c1cc2n(-c3ccc(Cl)cc3)c3ccccc3nc-2cc1Nc1ccc(Cl)cc1.CC[C@@H](CO)NCCN[C@@H](CC)CO.CO[C@H]1/C=C/O[C@@]2(C)Oc3c(C)c(O)c4c(O)c(c(/C=N/N5CCN(C)CC5)c(O)c4c3C2=O)NC(=O)/C(C)=C\C=C\[C@@H](C)[C@@H](O)[C@@H](C)[C@H](O)[C@H](C)[C@H](OC(C)=O)[C@@H]1C.C[C@H]1COc2c(N3CCN(C)CC3)c(F)cc3c(=O)c(C(=O)O)cn1c23. The molecule has 12 atom stereocenters. The number of halogens is 3. The van der Waals surface area contributed by atoms with Gasteiger partial charge in [0.2, 0.25) is 5.43 Å². The number of nitrogens with zero attached hydrogens (tertiary/aromatic N) is 9. The van der Waals surface area contributed by atoms with Crippen molar-refractivity contribution in [3.63, 3.8) is 0 Å². The Morgan fingerprint density at radius 2 is 1.40 bits per heavy atom. The van der Waals surface area contributed by atoms with E-state index in [0.717, 1.165) is 103 Å². The number of phenols is 3. The van der Waals surface area contributed by atoms with Crippen LogP contribution in [0.4, 0.5) is 27.1 Å². The molecule has 132 heavy (non-hydrogen) atoms. The number of aromatic carboxylic acids is 1. The van der Waals surface area contributed by atoms with Crippen LogP contribution in [0.5, 0.6) is 28.7 Å². The van der Waals surface area contributed by atoms with E-state index in [0.29, 0.717) is 53.2 Å². The molecule has 7 aromatic rings. The number of ketones is 1. The lowest BCUT2D eigenvalue weighted by Gasteiger charge is -2.38. The summed E-state index contributed by atoms with van der Waals surface area (Å²) < 4.78 is 48.4. The van der Waals surface area contributed by atoms with Gasteiger partial charge in [0, 0.05) is 172 Å². The highest BCUT2D eigenvalue weighted by Crippen LogP contribution is 2.55. The normalized spacial score (nSPS) is 23.0. The lowest BCUT2D eigenvalue weighted by atomic mass is 9.78. The molecule has 31 nitrogen and oxygen atoms in total. The number of hydrogen-bond donors (Lipinski definition) is 12. The molecule has 0 unspecified atom stereocenters. The van der Waals surface area contributed by atoms with Crippen LogP contribution in [0.1, 0.15) is 134 Å². The number of aliphatic hydroxyl groups is 4. The largest absolute Gasteiger partial charge is 0.507 e. The third kappa shape index (κ3) is 23.1. The second kappa shape index (κ2) is 45.0. The summed E-state index contributed by atoms with van der Waals surface area (Å²) in [5.74, 6) is -9.89. The van der Waals surface area contributed by atoms with Gasteiger partial charge in [0.1, 0.15) is 41.2 Å². The first-order valence-corrected chi connectivity index (χ1v) is 45.4. The highest BCUT2D eigenvalue weighted by molar-refractivity contribution is 6.31. The molecule has 15 rings (SSSR count). The number of nitrogens with one attached hydrogen (secondary N) is 4. The van der Waals surface area contributed by atoms with Crippen molar-refractivity contribution in [3.05, 3.63) is 187 Å². The molecule has 12 N–H and O–H groups in total. The number of ether oxygens (including phenoxy) is 5. The van der Waals surface area contributed by atoms with Gasteiger partial charge in [0.15, 0.2) is 17.3 Å². The van der Waals surface area contributed by atoms with E-state index in [2.05, 4.69) is 72.8 Å². The molecule has 7 aliphatic heterocycles. The molecule has 5 bridgehead atoms. The number of allylic oxidation sites excluding steroid dienone is 2. The number of fused-ring (bicyclic) bond motifs is 16. The van der Waals surface area contributed by atoms with Crippen LogP contribution in [0, 0.1) is 36.4 Å². The number of anilines is 4. The number of hydrogen-bond acceptors (Lipinski definition) is 27. The van der Waals surface area contributed by atoms with E-state index in [1.165, 1.54) is 65.6 Å². The first kappa shape index (κ1) is 101. The molecule has 2 saturated heterocycles. The van der Waals surface area contributed by atoms with Crippen LogP contribution in [0.2, 0.25) is 10.0 Å². The summed E-state index contributed by atoms with van der Waals surface area (Å²) >= 11 is 12.2. The Hall–Kier alpha value is -11.3. The molecule has 2 fully saturated rings. The monoisotopic (exact) mass is 1860 g/mol. The topological polar surface area (TPSA) is 402 Å². The van der Waals surface area contributed by atoms with Crippen molar-refractivity contribution >= 4 is 109 Å². The number of aromatic hydroxyl groups is 3. The molecule has 1 aromatic heterocycles. The minimum atomic E-state index is -2.04. The van der Waals surface area contributed by atoms with E-state index in [1.54, 1.807) is 49.4 Å². The average molecular weight is 1860 g/mol. The number of pyridine rings is 1. The Balaban J connectivity index is 0.000000192. The predicted molar refractivity (Wildman–Crippen MR) is 512 cm³/mol. The zero-order valence-corrected chi connectivity index (χ0v) is 79.1. The van der Waals surface area contributed by atoms with Gasteiger partial charge in [-0.2, -0.15) is 5.10 Å². The summed E-state index contributed by atoms with van der Waals surface area (Å²) in [4.78, 5) is 80.6. The van der Waals surface area contributed by atoms with E-state index >= 15 is 0 Å². The Bertz CT molecular complexity index is 5840. The van der Waals surface area contributed by atoms with Gasteiger partial charge < -0.3 is 110 Å². The minimum Gasteiger partial charge on any atom is -0.507 e. The molecule has 0 saturated carbocycles. The lowest BCUT2D eigenvalue weighted by Crippen LogP contribution is -2.46. The predicted octanol–water partition coefficient (Wildman–Crippen LogP) is 13.1. The number of rotatable bonds is 19. The third-order valence-corrected chi connectivity index (χ3v) is 25.3. The first-order chi connectivity index (χ1) is 62.9. The maximum atomic E-state index is 15.0. The Kier molecular flexibility index (Phi) is 34.5. The molecule has 8 heterocycles. The van der Waals surface area contributed by atoms with Gasteiger partial charge in [-0.05, 0) is 146 Å². The number of likely N-dealkylation sites (N-methyl/N-ethyl adjacent to an activating group) is 2. The second-order valence-electron chi connectivity index (χ2n) is 34.7. The van der Waals surface area contributed by atoms with E-state index in [9.17, 15) is 59.0 Å². The zero-order valence-electron chi connectivity index (χ0n) is 77.6. The van der Waals surface area contributed by atoms with E-state index in [4.69, 9.17) is 67.1 Å². The number of aromatic nitrogens is 3. The zero-order chi connectivity index (χ0) is 96.0. The van der Waals surface area contributed by atoms with Gasteiger partial charge in [0.05, 0.1) is 117 Å². The van der Waals surface area contributed by atoms with E-state index in [1.807, 2.05) is 106 Å². The molecule has 8 aliphatic rings. The Labute approximate surface area is 777 Å². The molecular weight excluding hydrogens is 1740 g/mol. The van der Waals surface area contributed by atoms with Crippen LogP contribution in [-0.2, 0) is 23.8 Å². The number of methoxy groups -OCH3 is 1. The van der Waals surface area contributed by atoms with Gasteiger partial charge in [-0.25, -0.2) is 14.2 Å². The molecule has 0 radical (unpaired) electrons. The minimum absolute atomic E-state index is 0.0434. The molecule has 34 heteroatoms. The second-order valence-corrected chi connectivity index (χ2v) is 35.6. The van der Waals surface area contributed by atoms with Crippen molar-refractivity contribution in [1.82, 2.24) is 39.6 Å². The highest BCUT2D eigenvalue weighted by atomic mass is 35.5. The number of carbonyl (C=O) groups excluding carboxylic acids is 3. The average Bonchev–Trinajstić information content (AvgIpc) is 1.62. The van der Waals surface area contributed by atoms with Crippen LogP contribution >= 0.6 is 23.2 Å². The number of carboxylic acids is 1. The molecule has 0 spiro atoms. The van der Waals surface area contributed by atoms with Crippen LogP contribution in [0.3, 0.4) is 0 Å². The smallest absolute Gasteiger partial charge is 0.341 e. The summed E-state index contributed by atoms with van der Waals surface area (Å²) in [7, 11) is 5.44. The number of piperazine rings is 2. The Morgan fingerprint density at radius 3 is 2.00 bits per heavy atom. The summed E-state index contributed by atoms with van der Waals surface area (Å²) in [6, 6.07) is 29.3. The lowest BCUT2D eigenvalue weighted by molar-refractivity contribution is -0.160. The summed E-state index contributed by atoms with van der Waals surface area (Å²) in [6.45, 7) is 30.4. The number of amides is 1. The number of Topliss-reactive ketones (excluding diaryl/α,β-unsaturated/α-hetero) is 1. The van der Waals surface area contributed by atoms with Crippen molar-refractivity contribution in [2.24, 2.45) is 33.8 Å². The number of esters is 1. The summed E-state index contributed by atoms with van der Waals surface area (Å²) in [5.41, 5.74) is 6.02. The number of carbonyl (C=O) groups is 4. The van der Waals surface area contributed by atoms with Crippen LogP contribution < -0.4 is 46.4 Å². The van der Waals surface area contributed by atoms with Gasteiger partial charge in [0.25, 0.3) is 11.7 Å². The number of carboxylic acid groups (broad SMARTS) is 1. The van der Waals surface area contributed by atoms with Crippen molar-refractivity contribution in [2.75, 3.05) is 122 Å². The quantitative estimate of drug-likeness (QED) is 0.00893. The number of hydrazone groups is 1. The summed E-state index contributed by atoms with van der Waals surface area (Å²) in [6.07, 6.45) is 8.08. The number of aliphatic hydroxyl groups excluding tert-OH is 4. The maximum Gasteiger partial charge on any atom is 0.341 e. The summed E-state index contributed by atoms with van der Waals surface area (Å²) in [5, 5.41) is 106. The fourth-order valence-corrected chi connectivity index (χ4v) is 17.0. The Morgan fingerprint density at radius 1 is 0.780 bits per heavy atom. The number of benzene rings is 7. The molecule has 1 aliphatic carbocycles. The van der Waals surface area contributed by atoms with Crippen molar-refractivity contribution in [3.8, 4) is 45.8 Å². The maximum absolute atomic E-state index is 15.0. The van der Waals surface area contributed by atoms with Gasteiger partial charge >= 0.3 is 17.7 Å². The fourth-order valence-electron chi connectivity index (χ4n) is 16.7. The third-order valence-electron chi connectivity index (χ3n) is 24.8. The molecule has 710 valence electrons. The van der Waals surface area contributed by atoms with Crippen LogP contribution in [0.15, 0.2) is 148 Å². The van der Waals surface area contributed by atoms with Crippen LogP contribution in [-0.4, -0.2) is 254 Å². The standard InChI is InChI=1S/C43H58N4O12.C27H22Cl2N4.C18H20FN3O4.C10H24N2O2/c1-21-12-11-13-22(2)42(55)45-33-28(20-44-47-17-15-46(9)16-18-47)37(52)30-31(38(33)53)36(51)26(6)40-32(30)41(54)43(8,59-40)57-19-14-29(56-10)23(3)39(58-27(7)48)25(5)35(50)24(4)34(21)49;1-17(2)30-24-16-27-25(15-23(24)31-20-11-7-18(28)8-12-20)32-22-5-3-4-6-26(22)33(27)21-13-9-19(29)10-14-21;1-10-9-26-17-14-11(16(23)12(18(24)25)8-22(10)14)7-13(19)15(17)21-5-3-20(2)4-6-21;1-3-9(7-13)11-5-6-12-10(4-2)8-14/h11-14,19-21,23-25,29,34-35,39,49-53H,15-18H2,1-10H3,(H,45,55);3-17,31H,1-2H3;7-8,10H,3-6,9H2,1-2H3,(H,24,25);9-14H,3-8H2,1-2H3/b12-11+,19-14+,22-13-,44-20+;;;/t21-,23-,24-,25+,29+,34-,35+,39-,43+;;10-;9-,10-/m1.00/s1. The van der Waals surface area contributed by atoms with Gasteiger partial charge in [-0.3, -0.25) is 29.2 Å². The highest BCUT2D eigenvalue weighted by Gasteiger charge is 2.50. The van der Waals surface area contributed by atoms with Crippen LogP contribution in [0.25, 0.3) is 49.8 Å². The number of para-hydroxylation sites is 2. The molecular formula is C98H124Cl2FN13O18. The van der Waals surface area contributed by atoms with Crippen molar-refractivity contribution in [1.29, 1.82) is 0 Å². The number of phenolic OH excluding ortho intramolecular Hbond substituents is 3. The van der Waals surface area contributed by atoms with E-state index < -0.39 is 106 Å².